The molecule has 2 rings (SSSR count). The van der Waals surface area contributed by atoms with E-state index in [9.17, 15) is 9.59 Å². The van der Waals surface area contributed by atoms with Crippen molar-refractivity contribution in [2.75, 3.05) is 19.0 Å². The van der Waals surface area contributed by atoms with Crippen LogP contribution in [0.2, 0.25) is 0 Å². The number of hydrogen-bond acceptors (Lipinski definition) is 5. The number of carbonyl (C=O) groups excluding carboxylic acids is 2. The highest BCUT2D eigenvalue weighted by molar-refractivity contribution is 6.39. The predicted molar refractivity (Wildman–Crippen MR) is 95.0 cm³/mol. The molecule has 0 fully saturated rings. The number of carbonyl (C=O) groups is 2. The highest BCUT2D eigenvalue weighted by Gasteiger charge is 2.15. The minimum Gasteiger partial charge on any atom is -0.497 e. The number of nitrogens with zero attached hydrogens (tertiary/aromatic N) is 1. The first-order valence-corrected chi connectivity index (χ1v) is 7.64. The molecule has 2 aromatic rings. The second-order valence-electron chi connectivity index (χ2n) is 4.86. The molecule has 0 aliphatic carbocycles. The van der Waals surface area contributed by atoms with Gasteiger partial charge in [0.1, 0.15) is 11.5 Å². The normalized spacial score (nSPS) is 10.3. The number of anilines is 1. The standard InChI is InChI=1S/C18H19N3O4/c1-3-25-16-7-5-4-6-15(16)20-17(22)18(23)21-19-12-13-8-10-14(24-2)11-9-13/h4-12H,3H2,1-2H3,(H,20,22)(H,21,23)/b19-12+. The number of ether oxygens (including phenoxy) is 2. The summed E-state index contributed by atoms with van der Waals surface area (Å²) in [6, 6.07) is 13.9. The molecule has 0 bridgehead atoms. The first-order valence-electron chi connectivity index (χ1n) is 7.64. The van der Waals surface area contributed by atoms with Gasteiger partial charge >= 0.3 is 11.8 Å². The van der Waals surface area contributed by atoms with Crippen molar-refractivity contribution >= 4 is 23.7 Å². The number of nitrogens with one attached hydrogen (secondary N) is 2. The van der Waals surface area contributed by atoms with Gasteiger partial charge in [-0.1, -0.05) is 12.1 Å². The number of hydrazone groups is 1. The third-order valence-corrected chi connectivity index (χ3v) is 3.14. The number of hydrogen-bond donors (Lipinski definition) is 2. The van der Waals surface area contributed by atoms with Gasteiger partial charge in [-0.15, -0.1) is 0 Å². The molecule has 0 aliphatic rings. The highest BCUT2D eigenvalue weighted by atomic mass is 16.5. The lowest BCUT2D eigenvalue weighted by Crippen LogP contribution is -2.32. The molecular weight excluding hydrogens is 322 g/mol. The average Bonchev–Trinajstić information content (AvgIpc) is 2.64. The number of benzene rings is 2. The number of methoxy groups -OCH3 is 1. The predicted octanol–water partition coefficient (Wildman–Crippen LogP) is 2.18. The fourth-order valence-corrected chi connectivity index (χ4v) is 1.94. The maximum atomic E-state index is 11.9. The monoisotopic (exact) mass is 341 g/mol. The molecule has 0 saturated carbocycles. The summed E-state index contributed by atoms with van der Waals surface area (Å²) in [5.74, 6) is -0.503. The summed E-state index contributed by atoms with van der Waals surface area (Å²) >= 11 is 0. The Hall–Kier alpha value is -3.35. The van der Waals surface area contributed by atoms with E-state index in [1.807, 2.05) is 6.92 Å². The Labute approximate surface area is 145 Å². The Bertz CT molecular complexity index is 757. The van der Waals surface area contributed by atoms with Crippen LogP contribution in [0.4, 0.5) is 5.69 Å². The van der Waals surface area contributed by atoms with Gasteiger partial charge in [0, 0.05) is 0 Å². The van der Waals surface area contributed by atoms with Gasteiger partial charge in [0.2, 0.25) is 0 Å². The quantitative estimate of drug-likeness (QED) is 0.479. The summed E-state index contributed by atoms with van der Waals surface area (Å²) in [6.45, 7) is 2.28. The zero-order chi connectivity index (χ0) is 18.1. The molecule has 0 atom stereocenters. The van der Waals surface area contributed by atoms with E-state index in [2.05, 4.69) is 15.8 Å². The minimum atomic E-state index is -0.879. The Morgan fingerprint density at radius 1 is 1.08 bits per heavy atom. The summed E-state index contributed by atoms with van der Waals surface area (Å²) < 4.78 is 10.4. The van der Waals surface area contributed by atoms with Gasteiger partial charge in [0.05, 0.1) is 25.6 Å². The number of amides is 2. The van der Waals surface area contributed by atoms with E-state index in [4.69, 9.17) is 9.47 Å². The zero-order valence-electron chi connectivity index (χ0n) is 14.0. The van der Waals surface area contributed by atoms with Crippen LogP contribution in [0.15, 0.2) is 53.6 Å². The smallest absolute Gasteiger partial charge is 0.329 e. The van der Waals surface area contributed by atoms with Crippen molar-refractivity contribution < 1.29 is 19.1 Å². The van der Waals surface area contributed by atoms with E-state index in [1.54, 1.807) is 55.6 Å². The summed E-state index contributed by atoms with van der Waals surface area (Å²) in [5, 5.41) is 6.25. The lowest BCUT2D eigenvalue weighted by atomic mass is 10.2. The van der Waals surface area contributed by atoms with Gasteiger partial charge in [-0.25, -0.2) is 5.43 Å². The van der Waals surface area contributed by atoms with Crippen LogP contribution >= 0.6 is 0 Å². The Morgan fingerprint density at radius 3 is 2.48 bits per heavy atom. The van der Waals surface area contributed by atoms with Crippen molar-refractivity contribution in [3.05, 3.63) is 54.1 Å². The van der Waals surface area contributed by atoms with Crippen molar-refractivity contribution in [2.45, 2.75) is 6.92 Å². The summed E-state index contributed by atoms with van der Waals surface area (Å²) in [5.41, 5.74) is 3.35. The van der Waals surface area contributed by atoms with Gasteiger partial charge < -0.3 is 14.8 Å². The number of para-hydroxylation sites is 2. The first-order chi connectivity index (χ1) is 12.1. The molecular formula is C18H19N3O4. The van der Waals surface area contributed by atoms with Gasteiger partial charge in [0.25, 0.3) is 0 Å². The van der Waals surface area contributed by atoms with E-state index in [-0.39, 0.29) is 0 Å². The maximum absolute atomic E-state index is 11.9. The minimum absolute atomic E-state index is 0.420. The lowest BCUT2D eigenvalue weighted by Gasteiger charge is -2.10. The van der Waals surface area contributed by atoms with Crippen molar-refractivity contribution in [1.82, 2.24) is 5.43 Å². The molecule has 2 N–H and O–H groups in total. The molecule has 2 amide bonds. The Balaban J connectivity index is 1.91. The Kier molecular flexibility index (Phi) is 6.53. The van der Waals surface area contributed by atoms with E-state index in [0.717, 1.165) is 5.56 Å². The van der Waals surface area contributed by atoms with Crippen molar-refractivity contribution in [1.29, 1.82) is 0 Å². The molecule has 0 heterocycles. The molecule has 25 heavy (non-hydrogen) atoms. The van der Waals surface area contributed by atoms with E-state index >= 15 is 0 Å². The van der Waals surface area contributed by atoms with Crippen LogP contribution in [-0.4, -0.2) is 31.7 Å². The summed E-state index contributed by atoms with van der Waals surface area (Å²) in [7, 11) is 1.58. The van der Waals surface area contributed by atoms with Crippen LogP contribution in [0.5, 0.6) is 11.5 Å². The molecule has 0 saturated heterocycles. The van der Waals surface area contributed by atoms with Gasteiger partial charge in [-0.3, -0.25) is 9.59 Å². The lowest BCUT2D eigenvalue weighted by molar-refractivity contribution is -0.136. The highest BCUT2D eigenvalue weighted by Crippen LogP contribution is 2.23. The average molecular weight is 341 g/mol. The third-order valence-electron chi connectivity index (χ3n) is 3.14. The summed E-state index contributed by atoms with van der Waals surface area (Å²) in [4.78, 5) is 23.7. The largest absolute Gasteiger partial charge is 0.497 e. The molecule has 2 aromatic carbocycles. The molecule has 7 nitrogen and oxygen atoms in total. The fraction of sp³-hybridized carbons (Fsp3) is 0.167. The van der Waals surface area contributed by atoms with Gasteiger partial charge in [-0.05, 0) is 48.9 Å². The van der Waals surface area contributed by atoms with Gasteiger partial charge in [0.15, 0.2) is 0 Å². The van der Waals surface area contributed by atoms with Crippen molar-refractivity contribution in [3.8, 4) is 11.5 Å². The van der Waals surface area contributed by atoms with Crippen LogP contribution in [0.1, 0.15) is 12.5 Å². The summed E-state index contributed by atoms with van der Waals surface area (Å²) in [6.07, 6.45) is 1.43. The Morgan fingerprint density at radius 2 is 1.80 bits per heavy atom. The van der Waals surface area contributed by atoms with Crippen LogP contribution in [0, 0.1) is 0 Å². The second kappa shape index (κ2) is 9.07. The van der Waals surface area contributed by atoms with Crippen molar-refractivity contribution in [2.24, 2.45) is 5.10 Å². The third kappa shape index (κ3) is 5.35. The van der Waals surface area contributed by atoms with Crippen LogP contribution < -0.4 is 20.2 Å². The maximum Gasteiger partial charge on any atom is 0.329 e. The van der Waals surface area contributed by atoms with E-state index in [0.29, 0.717) is 23.8 Å². The second-order valence-corrected chi connectivity index (χ2v) is 4.86. The molecule has 0 aliphatic heterocycles. The van der Waals surface area contributed by atoms with E-state index < -0.39 is 11.8 Å². The van der Waals surface area contributed by atoms with E-state index in [1.165, 1.54) is 6.21 Å². The van der Waals surface area contributed by atoms with Gasteiger partial charge in [-0.2, -0.15) is 5.10 Å². The van der Waals surface area contributed by atoms with Crippen LogP contribution in [0.25, 0.3) is 0 Å². The molecule has 0 aromatic heterocycles. The molecule has 130 valence electrons. The SMILES string of the molecule is CCOc1ccccc1NC(=O)C(=O)N/N=C/c1ccc(OC)cc1. The van der Waals surface area contributed by atoms with Crippen LogP contribution in [-0.2, 0) is 9.59 Å². The fourth-order valence-electron chi connectivity index (χ4n) is 1.94. The molecule has 0 radical (unpaired) electrons. The molecule has 0 spiro atoms. The van der Waals surface area contributed by atoms with Crippen LogP contribution in [0.3, 0.4) is 0 Å². The van der Waals surface area contributed by atoms with Crippen molar-refractivity contribution in [3.63, 3.8) is 0 Å². The molecule has 0 unspecified atom stereocenters. The first kappa shape index (κ1) is 18.0. The molecule has 7 heteroatoms. The number of rotatable bonds is 6. The topological polar surface area (TPSA) is 89.0 Å². The zero-order valence-corrected chi connectivity index (χ0v) is 14.0.